The maximum atomic E-state index is 13.8. The Kier molecular flexibility index (Phi) is 11.0. The van der Waals surface area contributed by atoms with E-state index in [4.69, 9.17) is 27.9 Å². The second-order valence-electron chi connectivity index (χ2n) is 9.81. The molecule has 1 fully saturated rings. The molecule has 0 bridgehead atoms. The molecule has 206 valence electrons. The topological polar surface area (TPSA) is 58.6 Å². The van der Waals surface area contributed by atoms with Gasteiger partial charge in [0, 0.05) is 24.8 Å². The number of nitrogens with one attached hydrogen (secondary N) is 1. The molecule has 0 aliphatic heterocycles. The highest BCUT2D eigenvalue weighted by molar-refractivity contribution is 7.99. The summed E-state index contributed by atoms with van der Waals surface area (Å²) in [6.07, 6.45) is 4.63. The van der Waals surface area contributed by atoms with Gasteiger partial charge in [0.2, 0.25) is 11.8 Å². The molecular weight excluding hydrogens is 551 g/mol. The van der Waals surface area contributed by atoms with E-state index < -0.39 is 6.04 Å². The van der Waals surface area contributed by atoms with E-state index in [1.54, 1.807) is 18.1 Å². The SMILES string of the molecule is COc1cccc(CN(C(=O)CSCc2ccc(Cl)c(Cl)c2)[C@@H](Cc2ccccc2)C(=O)NC2CCCC2)c1. The number of carbonyl (C=O) groups is 2. The van der Waals surface area contributed by atoms with Crippen molar-refractivity contribution in [1.29, 1.82) is 0 Å². The first-order valence-corrected chi connectivity index (χ1v) is 15.1. The summed E-state index contributed by atoms with van der Waals surface area (Å²) in [6.45, 7) is 0.305. The number of ether oxygens (including phenoxy) is 1. The van der Waals surface area contributed by atoms with E-state index in [2.05, 4.69) is 5.32 Å². The molecule has 0 radical (unpaired) electrons. The van der Waals surface area contributed by atoms with Crippen molar-refractivity contribution in [3.63, 3.8) is 0 Å². The van der Waals surface area contributed by atoms with E-state index in [0.717, 1.165) is 42.4 Å². The second kappa shape index (κ2) is 14.6. The second-order valence-corrected chi connectivity index (χ2v) is 11.6. The molecule has 0 heterocycles. The largest absolute Gasteiger partial charge is 0.497 e. The molecule has 0 saturated heterocycles. The lowest BCUT2D eigenvalue weighted by molar-refractivity contribution is -0.139. The Morgan fingerprint density at radius 2 is 1.69 bits per heavy atom. The zero-order valence-corrected chi connectivity index (χ0v) is 24.4. The molecule has 5 nitrogen and oxygen atoms in total. The fourth-order valence-electron chi connectivity index (χ4n) is 4.86. The van der Waals surface area contributed by atoms with Crippen LogP contribution in [0.25, 0.3) is 0 Å². The van der Waals surface area contributed by atoms with Crippen molar-refractivity contribution in [2.45, 2.75) is 56.5 Å². The minimum absolute atomic E-state index is 0.0922. The molecular formula is C31H34Cl2N2O3S. The molecule has 8 heteroatoms. The molecule has 1 aliphatic rings. The van der Waals surface area contributed by atoms with E-state index in [9.17, 15) is 9.59 Å². The Labute approximate surface area is 245 Å². The standard InChI is InChI=1S/C31H34Cl2N2O3S/c1-38-26-13-7-10-23(16-26)19-35(30(36)21-39-20-24-14-15-27(32)28(33)17-24)29(18-22-8-3-2-4-9-22)31(37)34-25-11-5-6-12-25/h2-4,7-10,13-17,25,29H,5-6,11-12,18-21H2,1H3,(H,34,37)/t29-/m0/s1. The molecule has 1 atom stereocenters. The monoisotopic (exact) mass is 584 g/mol. The lowest BCUT2D eigenvalue weighted by Crippen LogP contribution is -2.52. The Morgan fingerprint density at radius 1 is 0.949 bits per heavy atom. The Balaban J connectivity index is 1.57. The molecule has 1 saturated carbocycles. The van der Waals surface area contributed by atoms with Gasteiger partial charge in [-0.3, -0.25) is 9.59 Å². The van der Waals surface area contributed by atoms with Crippen LogP contribution in [0.4, 0.5) is 0 Å². The quantitative estimate of drug-likeness (QED) is 0.250. The van der Waals surface area contributed by atoms with Crippen molar-refractivity contribution in [2.24, 2.45) is 0 Å². The van der Waals surface area contributed by atoms with Crippen LogP contribution in [0.5, 0.6) is 5.75 Å². The maximum Gasteiger partial charge on any atom is 0.243 e. The fraction of sp³-hybridized carbons (Fsp3) is 0.355. The van der Waals surface area contributed by atoms with E-state index in [1.807, 2.05) is 66.7 Å². The molecule has 1 N–H and O–H groups in total. The van der Waals surface area contributed by atoms with E-state index in [-0.39, 0.29) is 23.6 Å². The highest BCUT2D eigenvalue weighted by Crippen LogP contribution is 2.26. The Hall–Kier alpha value is -2.67. The number of nitrogens with zero attached hydrogens (tertiary/aromatic N) is 1. The molecule has 3 aromatic rings. The maximum absolute atomic E-state index is 13.8. The van der Waals surface area contributed by atoms with E-state index in [1.165, 1.54) is 11.8 Å². The van der Waals surface area contributed by atoms with Crippen LogP contribution in [0, 0.1) is 0 Å². The fourth-order valence-corrected chi connectivity index (χ4v) is 6.04. The van der Waals surface area contributed by atoms with Gasteiger partial charge < -0.3 is 15.0 Å². The minimum Gasteiger partial charge on any atom is -0.497 e. The predicted octanol–water partition coefficient (Wildman–Crippen LogP) is 6.93. The van der Waals surface area contributed by atoms with Crippen LogP contribution in [0.15, 0.2) is 72.8 Å². The third-order valence-electron chi connectivity index (χ3n) is 6.94. The lowest BCUT2D eigenvalue weighted by Gasteiger charge is -2.32. The van der Waals surface area contributed by atoms with Crippen LogP contribution in [0.1, 0.15) is 42.4 Å². The van der Waals surface area contributed by atoms with Crippen LogP contribution in [-0.2, 0) is 28.3 Å². The summed E-state index contributed by atoms with van der Waals surface area (Å²) in [5.41, 5.74) is 2.90. The first-order valence-electron chi connectivity index (χ1n) is 13.2. The Morgan fingerprint density at radius 3 is 2.41 bits per heavy atom. The first-order chi connectivity index (χ1) is 18.9. The minimum atomic E-state index is -0.641. The summed E-state index contributed by atoms with van der Waals surface area (Å²) in [4.78, 5) is 29.3. The van der Waals surface area contributed by atoms with Gasteiger partial charge >= 0.3 is 0 Å². The third kappa shape index (κ3) is 8.66. The van der Waals surface area contributed by atoms with Gasteiger partial charge in [-0.05, 0) is 53.8 Å². The number of halogens is 2. The van der Waals surface area contributed by atoms with Gasteiger partial charge in [0.25, 0.3) is 0 Å². The summed E-state index contributed by atoms with van der Waals surface area (Å²) in [7, 11) is 1.62. The van der Waals surface area contributed by atoms with Crippen molar-refractivity contribution in [3.8, 4) is 5.75 Å². The smallest absolute Gasteiger partial charge is 0.243 e. The summed E-state index contributed by atoms with van der Waals surface area (Å²) in [6, 6.07) is 22.5. The van der Waals surface area contributed by atoms with Gasteiger partial charge in [0.05, 0.1) is 22.9 Å². The highest BCUT2D eigenvalue weighted by Gasteiger charge is 2.32. The summed E-state index contributed by atoms with van der Waals surface area (Å²) >= 11 is 13.7. The summed E-state index contributed by atoms with van der Waals surface area (Å²) in [5, 5.41) is 4.24. The Bertz CT molecular complexity index is 1250. The van der Waals surface area contributed by atoms with Crippen LogP contribution in [0.2, 0.25) is 10.0 Å². The summed E-state index contributed by atoms with van der Waals surface area (Å²) in [5.74, 6) is 1.35. The molecule has 0 aromatic heterocycles. The van der Waals surface area contributed by atoms with Gasteiger partial charge in [0.15, 0.2) is 0 Å². The van der Waals surface area contributed by atoms with Gasteiger partial charge in [-0.1, -0.05) is 84.6 Å². The molecule has 2 amide bonds. The molecule has 39 heavy (non-hydrogen) atoms. The molecule has 0 unspecified atom stereocenters. The van der Waals surface area contributed by atoms with E-state index in [0.29, 0.717) is 34.5 Å². The van der Waals surface area contributed by atoms with E-state index >= 15 is 0 Å². The number of hydrogen-bond acceptors (Lipinski definition) is 4. The molecule has 4 rings (SSSR count). The predicted molar refractivity (Wildman–Crippen MR) is 161 cm³/mol. The number of methoxy groups -OCH3 is 1. The average Bonchev–Trinajstić information content (AvgIpc) is 3.46. The number of thioether (sulfide) groups is 1. The van der Waals surface area contributed by atoms with Gasteiger partial charge in [-0.25, -0.2) is 0 Å². The zero-order valence-electron chi connectivity index (χ0n) is 22.1. The molecule has 0 spiro atoms. The number of benzene rings is 3. The van der Waals surface area contributed by atoms with Crippen LogP contribution in [0.3, 0.4) is 0 Å². The number of carbonyl (C=O) groups excluding carboxylic acids is 2. The lowest BCUT2D eigenvalue weighted by atomic mass is 10.0. The van der Waals surface area contributed by atoms with Gasteiger partial charge in [0.1, 0.15) is 11.8 Å². The average molecular weight is 586 g/mol. The van der Waals surface area contributed by atoms with Crippen LogP contribution >= 0.6 is 35.0 Å². The third-order valence-corrected chi connectivity index (χ3v) is 8.67. The number of amides is 2. The van der Waals surface area contributed by atoms with Crippen LogP contribution < -0.4 is 10.1 Å². The van der Waals surface area contributed by atoms with Crippen molar-refractivity contribution < 1.29 is 14.3 Å². The summed E-state index contributed by atoms with van der Waals surface area (Å²) < 4.78 is 5.41. The van der Waals surface area contributed by atoms with Crippen molar-refractivity contribution in [1.82, 2.24) is 10.2 Å². The molecule has 1 aliphatic carbocycles. The highest BCUT2D eigenvalue weighted by atomic mass is 35.5. The van der Waals surface area contributed by atoms with Gasteiger partial charge in [-0.15, -0.1) is 11.8 Å². The zero-order chi connectivity index (χ0) is 27.6. The normalized spacial score (nSPS) is 14.1. The van der Waals surface area contributed by atoms with Crippen molar-refractivity contribution in [2.75, 3.05) is 12.9 Å². The van der Waals surface area contributed by atoms with Crippen LogP contribution in [-0.4, -0.2) is 41.7 Å². The van der Waals surface area contributed by atoms with Crippen molar-refractivity contribution >= 4 is 46.8 Å². The van der Waals surface area contributed by atoms with Crippen molar-refractivity contribution in [3.05, 3.63) is 99.5 Å². The first kappa shape index (κ1) is 29.3. The van der Waals surface area contributed by atoms with Gasteiger partial charge in [-0.2, -0.15) is 0 Å². The number of rotatable bonds is 12. The number of hydrogen-bond donors (Lipinski definition) is 1. The molecule has 3 aromatic carbocycles.